The molecule has 0 aliphatic heterocycles. The molecule has 0 atom stereocenters. The lowest BCUT2D eigenvalue weighted by atomic mass is 10.0. The molecule has 1 aromatic rings. The third kappa shape index (κ3) is 3.47. The zero-order valence-electron chi connectivity index (χ0n) is 8.90. The average Bonchev–Trinajstić information content (AvgIpc) is 2.17. The lowest BCUT2D eigenvalue weighted by molar-refractivity contribution is -0.119. The molecule has 4 nitrogen and oxygen atoms in total. The first-order valence-corrected chi connectivity index (χ1v) is 4.84. The Bertz CT molecular complexity index is 393. The van der Waals surface area contributed by atoms with Gasteiger partial charge in [0.05, 0.1) is 17.7 Å². The van der Waals surface area contributed by atoms with Gasteiger partial charge in [0.15, 0.2) is 0 Å². The van der Waals surface area contributed by atoms with Crippen molar-refractivity contribution in [3.05, 3.63) is 23.8 Å². The van der Waals surface area contributed by atoms with Gasteiger partial charge in [-0.1, -0.05) is 13.8 Å². The normalized spacial score (nSPS) is 10.0. The number of nitriles is 1. The van der Waals surface area contributed by atoms with Gasteiger partial charge >= 0.3 is 0 Å². The topological polar surface area (TPSA) is 66.6 Å². The maximum absolute atomic E-state index is 11.5. The Balaban J connectivity index is 2.73. The average molecular weight is 203 g/mol. The van der Waals surface area contributed by atoms with Gasteiger partial charge < -0.3 is 0 Å². The fourth-order valence-corrected chi connectivity index (χ4v) is 1.30. The molecule has 78 valence electrons. The molecule has 1 heterocycles. The molecule has 1 aromatic heterocycles. The molecule has 0 aromatic carbocycles. The van der Waals surface area contributed by atoms with E-state index in [1.807, 2.05) is 19.9 Å². The van der Waals surface area contributed by atoms with E-state index in [0.717, 1.165) is 0 Å². The van der Waals surface area contributed by atoms with Crippen molar-refractivity contribution in [3.63, 3.8) is 0 Å². The van der Waals surface area contributed by atoms with Crippen LogP contribution in [-0.2, 0) is 11.2 Å². The second-order valence-corrected chi connectivity index (χ2v) is 3.81. The number of hydrogen-bond donors (Lipinski definition) is 0. The molecule has 0 N–H and O–H groups in total. The van der Waals surface area contributed by atoms with E-state index in [4.69, 9.17) is 5.26 Å². The first-order chi connectivity index (χ1) is 7.13. The highest BCUT2D eigenvalue weighted by Gasteiger charge is 2.10. The van der Waals surface area contributed by atoms with Crippen LogP contribution in [0.2, 0.25) is 0 Å². The third-order valence-corrected chi connectivity index (χ3v) is 1.92. The van der Waals surface area contributed by atoms with Crippen LogP contribution in [0, 0.1) is 17.2 Å². The first kappa shape index (κ1) is 11.3. The summed E-state index contributed by atoms with van der Waals surface area (Å²) < 4.78 is 0. The third-order valence-electron chi connectivity index (χ3n) is 1.92. The van der Waals surface area contributed by atoms with Gasteiger partial charge in [-0.2, -0.15) is 5.26 Å². The van der Waals surface area contributed by atoms with Crippen LogP contribution < -0.4 is 0 Å². The molecule has 0 fully saturated rings. The molecule has 0 bridgehead atoms. The van der Waals surface area contributed by atoms with E-state index in [-0.39, 0.29) is 12.2 Å². The lowest BCUT2D eigenvalue weighted by Gasteiger charge is -2.03. The first-order valence-electron chi connectivity index (χ1n) is 4.84. The fourth-order valence-electron chi connectivity index (χ4n) is 1.30. The fraction of sp³-hybridized carbons (Fsp3) is 0.455. The molecule has 0 radical (unpaired) electrons. The van der Waals surface area contributed by atoms with Crippen LogP contribution in [0.15, 0.2) is 12.5 Å². The molecule has 15 heavy (non-hydrogen) atoms. The van der Waals surface area contributed by atoms with Crippen molar-refractivity contribution in [2.45, 2.75) is 26.7 Å². The van der Waals surface area contributed by atoms with Gasteiger partial charge in [0.2, 0.25) is 0 Å². The van der Waals surface area contributed by atoms with Crippen molar-refractivity contribution >= 4 is 5.78 Å². The quantitative estimate of drug-likeness (QED) is 0.743. The summed E-state index contributed by atoms with van der Waals surface area (Å²) in [5.74, 6) is 0.449. The molecule has 0 spiro atoms. The maximum atomic E-state index is 11.5. The number of aromatic nitrogens is 2. The van der Waals surface area contributed by atoms with Crippen LogP contribution >= 0.6 is 0 Å². The molecule has 0 saturated carbocycles. The Kier molecular flexibility index (Phi) is 3.92. The SMILES string of the molecule is CC(C)CC(=O)Cc1ncncc1C#N. The maximum Gasteiger partial charge on any atom is 0.139 e. The summed E-state index contributed by atoms with van der Waals surface area (Å²) in [6.07, 6.45) is 3.54. The molecule has 0 aliphatic rings. The minimum absolute atomic E-state index is 0.111. The van der Waals surface area contributed by atoms with Gasteiger partial charge in [-0.25, -0.2) is 9.97 Å². The van der Waals surface area contributed by atoms with Crippen molar-refractivity contribution in [1.82, 2.24) is 9.97 Å². The predicted molar refractivity (Wildman–Crippen MR) is 54.9 cm³/mol. The second-order valence-electron chi connectivity index (χ2n) is 3.81. The molecular weight excluding hydrogens is 190 g/mol. The summed E-state index contributed by atoms with van der Waals surface area (Å²) >= 11 is 0. The van der Waals surface area contributed by atoms with Crippen molar-refractivity contribution in [3.8, 4) is 6.07 Å². The Morgan fingerprint density at radius 3 is 2.93 bits per heavy atom. The lowest BCUT2D eigenvalue weighted by Crippen LogP contribution is -2.09. The zero-order chi connectivity index (χ0) is 11.3. The Hall–Kier alpha value is -1.76. The van der Waals surface area contributed by atoms with Gasteiger partial charge in [-0.3, -0.25) is 4.79 Å². The van der Waals surface area contributed by atoms with Crippen molar-refractivity contribution in [1.29, 1.82) is 5.26 Å². The van der Waals surface area contributed by atoms with Gasteiger partial charge in [0.1, 0.15) is 18.2 Å². The van der Waals surface area contributed by atoms with E-state index in [0.29, 0.717) is 23.6 Å². The minimum atomic E-state index is 0.111. The van der Waals surface area contributed by atoms with Crippen LogP contribution in [0.3, 0.4) is 0 Å². The Labute approximate surface area is 89.0 Å². The summed E-state index contributed by atoms with van der Waals surface area (Å²) in [5.41, 5.74) is 0.910. The molecule has 0 saturated heterocycles. The van der Waals surface area contributed by atoms with E-state index in [2.05, 4.69) is 9.97 Å². The molecule has 0 unspecified atom stereocenters. The number of Topliss-reactive ketones (excluding diaryl/α,β-unsaturated/α-hetero) is 1. The number of hydrogen-bond acceptors (Lipinski definition) is 4. The van der Waals surface area contributed by atoms with E-state index in [9.17, 15) is 4.79 Å². The molecule has 4 heteroatoms. The minimum Gasteiger partial charge on any atom is -0.299 e. The van der Waals surface area contributed by atoms with Gasteiger partial charge in [0, 0.05) is 12.6 Å². The summed E-state index contributed by atoms with van der Waals surface area (Å²) in [4.78, 5) is 19.2. The smallest absolute Gasteiger partial charge is 0.139 e. The highest BCUT2D eigenvalue weighted by atomic mass is 16.1. The number of carbonyl (C=O) groups excluding carboxylic acids is 1. The Morgan fingerprint density at radius 2 is 2.33 bits per heavy atom. The number of nitrogens with zero attached hydrogens (tertiary/aromatic N) is 3. The van der Waals surface area contributed by atoms with Gasteiger partial charge in [0.25, 0.3) is 0 Å². The number of carbonyl (C=O) groups is 1. The van der Waals surface area contributed by atoms with Crippen LogP contribution in [0.25, 0.3) is 0 Å². The highest BCUT2D eigenvalue weighted by molar-refractivity contribution is 5.81. The second kappa shape index (κ2) is 5.20. The van der Waals surface area contributed by atoms with E-state index >= 15 is 0 Å². The monoisotopic (exact) mass is 203 g/mol. The molecule has 1 rings (SSSR count). The summed E-state index contributed by atoms with van der Waals surface area (Å²) in [6, 6.07) is 1.98. The van der Waals surface area contributed by atoms with Crippen LogP contribution in [-0.4, -0.2) is 15.8 Å². The van der Waals surface area contributed by atoms with E-state index in [1.54, 1.807) is 0 Å². The van der Waals surface area contributed by atoms with Crippen LogP contribution in [0.1, 0.15) is 31.5 Å². The van der Waals surface area contributed by atoms with Crippen molar-refractivity contribution in [2.75, 3.05) is 0 Å². The molecule has 0 amide bonds. The summed E-state index contributed by atoms with van der Waals surface area (Å²) in [6.45, 7) is 3.98. The van der Waals surface area contributed by atoms with Crippen molar-refractivity contribution < 1.29 is 4.79 Å². The largest absolute Gasteiger partial charge is 0.299 e. The molecule has 0 aliphatic carbocycles. The van der Waals surface area contributed by atoms with Crippen LogP contribution in [0.5, 0.6) is 0 Å². The molecular formula is C11H13N3O. The Morgan fingerprint density at radius 1 is 1.60 bits per heavy atom. The zero-order valence-corrected chi connectivity index (χ0v) is 8.90. The highest BCUT2D eigenvalue weighted by Crippen LogP contribution is 2.07. The standard InChI is InChI=1S/C11H13N3O/c1-8(2)3-10(15)4-11-9(5-12)6-13-7-14-11/h6-8H,3-4H2,1-2H3. The number of rotatable bonds is 4. The van der Waals surface area contributed by atoms with E-state index in [1.165, 1.54) is 12.5 Å². The van der Waals surface area contributed by atoms with Crippen LogP contribution in [0.4, 0.5) is 0 Å². The summed E-state index contributed by atoms with van der Waals surface area (Å²) in [5, 5.41) is 8.77. The van der Waals surface area contributed by atoms with Gasteiger partial charge in [-0.05, 0) is 5.92 Å². The predicted octanol–water partition coefficient (Wildman–Crippen LogP) is 1.51. The van der Waals surface area contributed by atoms with Crippen molar-refractivity contribution in [2.24, 2.45) is 5.92 Å². The number of ketones is 1. The summed E-state index contributed by atoms with van der Waals surface area (Å²) in [7, 11) is 0. The van der Waals surface area contributed by atoms with E-state index < -0.39 is 0 Å². The van der Waals surface area contributed by atoms with Gasteiger partial charge in [-0.15, -0.1) is 0 Å².